The van der Waals surface area contributed by atoms with Crippen LogP contribution in [0.15, 0.2) is 111 Å². The summed E-state index contributed by atoms with van der Waals surface area (Å²) in [5, 5.41) is 13.4. The van der Waals surface area contributed by atoms with Crippen LogP contribution >= 0.6 is 0 Å². The first-order valence-corrected chi connectivity index (χ1v) is 15.7. The average molecular weight is 649 g/mol. The van der Waals surface area contributed by atoms with Crippen molar-refractivity contribution in [2.45, 2.75) is 30.5 Å². The van der Waals surface area contributed by atoms with E-state index >= 15 is 0 Å². The van der Waals surface area contributed by atoms with Crippen LogP contribution in [0, 0.1) is 6.92 Å². The molecule has 12 heteroatoms. The van der Waals surface area contributed by atoms with Crippen LogP contribution in [0.1, 0.15) is 34.1 Å². The first kappa shape index (κ1) is 30.9. The lowest BCUT2D eigenvalue weighted by molar-refractivity contribution is -0.274. The Morgan fingerprint density at radius 3 is 2.35 bits per heavy atom. The zero-order valence-electron chi connectivity index (χ0n) is 24.3. The molecule has 6 rings (SSSR count). The van der Waals surface area contributed by atoms with Crippen molar-refractivity contribution in [3.8, 4) is 11.5 Å². The fourth-order valence-electron chi connectivity index (χ4n) is 5.68. The van der Waals surface area contributed by atoms with Gasteiger partial charge in [-0.15, -0.1) is 13.2 Å². The second-order valence-corrected chi connectivity index (χ2v) is 12.5. The topological polar surface area (TPSA) is 122 Å². The van der Waals surface area contributed by atoms with E-state index in [1.807, 2.05) is 30.3 Å². The summed E-state index contributed by atoms with van der Waals surface area (Å²) in [5.74, 6) is -1.69. The number of rotatable bonds is 9. The summed E-state index contributed by atoms with van der Waals surface area (Å²) in [6, 6.07) is 25.7. The van der Waals surface area contributed by atoms with Gasteiger partial charge in [0, 0.05) is 29.2 Å². The van der Waals surface area contributed by atoms with Crippen LogP contribution in [0.25, 0.3) is 21.7 Å². The molecule has 0 bridgehead atoms. The number of alkyl halides is 3. The van der Waals surface area contributed by atoms with Crippen LogP contribution < -0.4 is 15.1 Å². The highest BCUT2D eigenvalue weighted by Crippen LogP contribution is 2.40. The van der Waals surface area contributed by atoms with Crippen molar-refractivity contribution < 1.29 is 35.8 Å². The molecular weight excluding hydrogens is 621 g/mol. The molecular formula is C34H27F3N2O6S. The maximum absolute atomic E-state index is 13.3. The average Bonchev–Trinajstić information content (AvgIpc) is 3.36. The van der Waals surface area contributed by atoms with Gasteiger partial charge < -0.3 is 19.2 Å². The van der Waals surface area contributed by atoms with Gasteiger partial charge in [0.2, 0.25) is 10.0 Å². The lowest BCUT2D eigenvalue weighted by Crippen LogP contribution is -2.26. The number of aryl methyl sites for hydroxylation is 1. The van der Waals surface area contributed by atoms with Gasteiger partial charge in [0.25, 0.3) is 0 Å². The number of ether oxygens (including phenoxy) is 1. The number of aromatic amines is 1. The summed E-state index contributed by atoms with van der Waals surface area (Å²) in [5.41, 5.74) is 1.12. The molecule has 8 nitrogen and oxygen atoms in total. The molecule has 0 fully saturated rings. The Kier molecular flexibility index (Phi) is 8.09. The Morgan fingerprint density at radius 2 is 1.63 bits per heavy atom. The highest BCUT2D eigenvalue weighted by Gasteiger charge is 2.32. The van der Waals surface area contributed by atoms with Crippen LogP contribution in [0.5, 0.6) is 11.5 Å². The number of hydrogen-bond donors (Lipinski definition) is 3. The summed E-state index contributed by atoms with van der Waals surface area (Å²) >= 11 is 0. The smallest absolute Gasteiger partial charge is 0.507 e. The molecule has 3 N–H and O–H groups in total. The van der Waals surface area contributed by atoms with Gasteiger partial charge in [-0.1, -0.05) is 60.7 Å². The third-order valence-electron chi connectivity index (χ3n) is 7.66. The number of aromatic hydroxyl groups is 1. The Balaban J connectivity index is 1.41. The molecule has 0 aliphatic carbocycles. The van der Waals surface area contributed by atoms with Crippen molar-refractivity contribution >= 4 is 31.7 Å². The molecule has 46 heavy (non-hydrogen) atoms. The summed E-state index contributed by atoms with van der Waals surface area (Å²) < 4.78 is 77.2. The van der Waals surface area contributed by atoms with E-state index in [0.29, 0.717) is 22.3 Å². The SMILES string of the molecule is Cc1cc(O)c(C(c2ccc(OC(F)(F)F)cc2)c2[nH]c3ccccc3c2CCNS(=O)(=O)c2ccc3ccccc3c2)c(=O)o1. The number of aromatic nitrogens is 1. The number of H-pyrrole nitrogens is 1. The van der Waals surface area contributed by atoms with Crippen LogP contribution in [-0.2, 0) is 16.4 Å². The zero-order chi connectivity index (χ0) is 32.6. The zero-order valence-corrected chi connectivity index (χ0v) is 25.1. The Bertz CT molecular complexity index is 2230. The van der Waals surface area contributed by atoms with Crippen LogP contribution in [0.4, 0.5) is 13.2 Å². The van der Waals surface area contributed by atoms with Crippen molar-refractivity contribution in [3.05, 3.63) is 136 Å². The molecule has 2 aromatic heterocycles. The van der Waals surface area contributed by atoms with E-state index in [-0.39, 0.29) is 34.9 Å². The van der Waals surface area contributed by atoms with Gasteiger partial charge in [0.15, 0.2) is 0 Å². The van der Waals surface area contributed by atoms with Crippen LogP contribution in [0.3, 0.4) is 0 Å². The van der Waals surface area contributed by atoms with E-state index in [4.69, 9.17) is 4.42 Å². The van der Waals surface area contributed by atoms with Gasteiger partial charge in [-0.3, -0.25) is 0 Å². The molecule has 236 valence electrons. The fraction of sp³-hybridized carbons (Fsp3) is 0.147. The van der Waals surface area contributed by atoms with Crippen LogP contribution in [-0.4, -0.2) is 31.4 Å². The standard InChI is InChI=1S/C34H27F3N2O6S/c1-20-18-29(40)31(33(41)44-20)30(22-10-13-24(14-11-22)45-34(35,36)37)32-27(26-8-4-5-9-28(26)39-32)16-17-38-46(42,43)25-15-12-21-6-2-3-7-23(21)19-25/h2-15,18-19,30,38-40H,16-17H2,1H3. The van der Waals surface area contributed by atoms with E-state index in [1.54, 1.807) is 30.3 Å². The highest BCUT2D eigenvalue weighted by molar-refractivity contribution is 7.89. The fourth-order valence-corrected chi connectivity index (χ4v) is 6.74. The molecule has 0 spiro atoms. The summed E-state index contributed by atoms with van der Waals surface area (Å²) in [7, 11) is -3.90. The molecule has 0 aliphatic rings. The predicted molar refractivity (Wildman–Crippen MR) is 167 cm³/mol. The quantitative estimate of drug-likeness (QED) is 0.157. The van der Waals surface area contributed by atoms with Crippen molar-refractivity contribution in [3.63, 3.8) is 0 Å². The third-order valence-corrected chi connectivity index (χ3v) is 9.12. The van der Waals surface area contributed by atoms with Crippen LogP contribution in [0.2, 0.25) is 0 Å². The van der Waals surface area contributed by atoms with Gasteiger partial charge in [-0.25, -0.2) is 17.9 Å². The second kappa shape index (κ2) is 12.0. The second-order valence-electron chi connectivity index (χ2n) is 10.7. The number of nitrogens with one attached hydrogen (secondary N) is 2. The monoisotopic (exact) mass is 648 g/mol. The van der Waals surface area contributed by atoms with Crippen molar-refractivity contribution in [2.75, 3.05) is 6.54 Å². The minimum absolute atomic E-state index is 0.0242. The molecule has 1 atom stereocenters. The Labute approximate surface area is 261 Å². The summed E-state index contributed by atoms with van der Waals surface area (Å²) in [4.78, 5) is 16.6. The van der Waals surface area contributed by atoms with E-state index in [1.165, 1.54) is 31.2 Å². The van der Waals surface area contributed by atoms with Crippen molar-refractivity contribution in [2.24, 2.45) is 0 Å². The molecule has 2 heterocycles. The normalized spacial score (nSPS) is 12.9. The maximum Gasteiger partial charge on any atom is 0.573 e. The van der Waals surface area contributed by atoms with Gasteiger partial charge in [-0.2, -0.15) is 0 Å². The molecule has 4 aromatic carbocycles. The molecule has 0 aliphatic heterocycles. The van der Waals surface area contributed by atoms with E-state index in [2.05, 4.69) is 14.4 Å². The largest absolute Gasteiger partial charge is 0.573 e. The molecule has 0 radical (unpaired) electrons. The number of fused-ring (bicyclic) bond motifs is 2. The van der Waals surface area contributed by atoms with Gasteiger partial charge in [0.05, 0.1) is 16.4 Å². The lowest BCUT2D eigenvalue weighted by atomic mass is 9.86. The molecule has 0 saturated heterocycles. The molecule has 0 amide bonds. The lowest BCUT2D eigenvalue weighted by Gasteiger charge is -2.20. The minimum atomic E-state index is -4.90. The van der Waals surface area contributed by atoms with E-state index < -0.39 is 33.7 Å². The first-order valence-electron chi connectivity index (χ1n) is 14.2. The van der Waals surface area contributed by atoms with E-state index in [9.17, 15) is 31.5 Å². The minimum Gasteiger partial charge on any atom is -0.507 e. The number of sulfonamides is 1. The summed E-state index contributed by atoms with van der Waals surface area (Å²) in [6.07, 6.45) is -4.74. The Hall–Kier alpha value is -5.07. The number of halogens is 3. The number of benzene rings is 4. The van der Waals surface area contributed by atoms with Gasteiger partial charge in [-0.05, 0) is 65.6 Å². The maximum atomic E-state index is 13.3. The highest BCUT2D eigenvalue weighted by atomic mass is 32.2. The first-order chi connectivity index (χ1) is 21.9. The molecule has 6 aromatic rings. The van der Waals surface area contributed by atoms with E-state index in [0.717, 1.165) is 28.3 Å². The summed E-state index contributed by atoms with van der Waals surface area (Å²) in [6.45, 7) is 1.47. The van der Waals surface area contributed by atoms with Gasteiger partial charge >= 0.3 is 12.0 Å². The molecule has 1 unspecified atom stereocenters. The Morgan fingerprint density at radius 1 is 0.935 bits per heavy atom. The number of para-hydroxylation sites is 1. The van der Waals surface area contributed by atoms with Gasteiger partial charge in [0.1, 0.15) is 17.3 Å². The number of hydrogen-bond acceptors (Lipinski definition) is 6. The predicted octanol–water partition coefficient (Wildman–Crippen LogP) is 6.89. The molecule has 0 saturated carbocycles. The third kappa shape index (κ3) is 6.35. The van der Waals surface area contributed by atoms with Crippen molar-refractivity contribution in [1.29, 1.82) is 0 Å². The van der Waals surface area contributed by atoms with Crippen molar-refractivity contribution in [1.82, 2.24) is 9.71 Å².